The third kappa shape index (κ3) is 3.17. The highest BCUT2D eigenvalue weighted by molar-refractivity contribution is 8.09. The lowest BCUT2D eigenvalue weighted by molar-refractivity contribution is -0.384. The van der Waals surface area contributed by atoms with Crippen LogP contribution in [0.4, 0.5) is 11.4 Å². The SMILES string of the molecule is CS(=O)(=O)N(c1cccc([N+](=O)[O-])c1)S(C)(=O)=O. The van der Waals surface area contributed by atoms with E-state index >= 15 is 0 Å². The summed E-state index contributed by atoms with van der Waals surface area (Å²) in [4.78, 5) is 9.82. The number of hydrogen-bond donors (Lipinski definition) is 0. The normalized spacial score (nSPS) is 12.1. The Morgan fingerprint density at radius 2 is 1.61 bits per heavy atom. The maximum Gasteiger partial charge on any atom is 0.271 e. The van der Waals surface area contributed by atoms with Crippen molar-refractivity contribution < 1.29 is 21.8 Å². The maximum atomic E-state index is 11.4. The molecule has 0 bridgehead atoms. The number of non-ortho nitro benzene ring substituents is 1. The van der Waals surface area contributed by atoms with Crippen molar-refractivity contribution in [3.8, 4) is 0 Å². The van der Waals surface area contributed by atoms with Gasteiger partial charge in [-0.3, -0.25) is 10.1 Å². The van der Waals surface area contributed by atoms with Crippen molar-refractivity contribution in [3.05, 3.63) is 34.4 Å². The average Bonchev–Trinajstić information content (AvgIpc) is 2.13. The number of sulfonamides is 2. The Kier molecular flexibility index (Phi) is 3.62. The largest absolute Gasteiger partial charge is 0.271 e. The van der Waals surface area contributed by atoms with Gasteiger partial charge >= 0.3 is 0 Å². The molecule has 0 fully saturated rings. The predicted octanol–water partition coefficient (Wildman–Crippen LogP) is 0.320. The number of nitro benzene ring substituents is 1. The highest BCUT2D eigenvalue weighted by Gasteiger charge is 2.28. The van der Waals surface area contributed by atoms with Gasteiger partial charge in [0.15, 0.2) is 0 Å². The number of rotatable bonds is 4. The monoisotopic (exact) mass is 294 g/mol. The van der Waals surface area contributed by atoms with Gasteiger partial charge in [0, 0.05) is 12.1 Å². The molecule has 18 heavy (non-hydrogen) atoms. The van der Waals surface area contributed by atoms with Gasteiger partial charge in [0.25, 0.3) is 5.69 Å². The molecule has 1 rings (SSSR count). The molecule has 0 saturated heterocycles. The summed E-state index contributed by atoms with van der Waals surface area (Å²) < 4.78 is 45.9. The van der Waals surface area contributed by atoms with Crippen LogP contribution < -0.4 is 3.71 Å². The van der Waals surface area contributed by atoms with Gasteiger partial charge in [0.2, 0.25) is 20.0 Å². The van der Waals surface area contributed by atoms with Crippen LogP contribution in [0, 0.1) is 10.1 Å². The van der Waals surface area contributed by atoms with Crippen LogP contribution in [0.2, 0.25) is 0 Å². The van der Waals surface area contributed by atoms with E-state index in [1.807, 2.05) is 0 Å². The van der Waals surface area contributed by atoms with Gasteiger partial charge in [0.1, 0.15) is 0 Å². The Morgan fingerprint density at radius 3 is 2.00 bits per heavy atom. The van der Waals surface area contributed by atoms with Gasteiger partial charge in [-0.05, 0) is 6.07 Å². The van der Waals surface area contributed by atoms with Crippen LogP contribution in [-0.2, 0) is 20.0 Å². The molecular formula is C8H10N2O6S2. The highest BCUT2D eigenvalue weighted by Crippen LogP contribution is 2.25. The fraction of sp³-hybridized carbons (Fsp3) is 0.250. The summed E-state index contributed by atoms with van der Waals surface area (Å²) in [6, 6.07) is 4.38. The van der Waals surface area contributed by atoms with E-state index in [2.05, 4.69) is 0 Å². The Bertz CT molecular complexity index is 647. The van der Waals surface area contributed by atoms with Crippen LogP contribution in [0.1, 0.15) is 0 Å². The van der Waals surface area contributed by atoms with E-state index in [1.54, 1.807) is 0 Å². The van der Waals surface area contributed by atoms with E-state index in [0.717, 1.165) is 18.2 Å². The van der Waals surface area contributed by atoms with E-state index in [4.69, 9.17) is 0 Å². The van der Waals surface area contributed by atoms with Gasteiger partial charge in [-0.2, -0.15) is 3.71 Å². The molecule has 8 nitrogen and oxygen atoms in total. The van der Waals surface area contributed by atoms with Crippen molar-refractivity contribution in [1.29, 1.82) is 0 Å². The lowest BCUT2D eigenvalue weighted by Crippen LogP contribution is -2.35. The van der Waals surface area contributed by atoms with E-state index < -0.39 is 30.7 Å². The number of anilines is 1. The minimum atomic E-state index is -4.10. The maximum absolute atomic E-state index is 11.4. The second-order valence-electron chi connectivity index (χ2n) is 3.50. The van der Waals surface area contributed by atoms with Gasteiger partial charge in [0.05, 0.1) is 23.1 Å². The first kappa shape index (κ1) is 14.4. The quantitative estimate of drug-likeness (QED) is 0.583. The summed E-state index contributed by atoms with van der Waals surface area (Å²) in [5.74, 6) is 0. The molecule has 100 valence electrons. The number of benzene rings is 1. The Labute approximate surface area is 104 Å². The smallest absolute Gasteiger partial charge is 0.258 e. The summed E-state index contributed by atoms with van der Waals surface area (Å²) in [5, 5.41) is 10.6. The van der Waals surface area contributed by atoms with Crippen molar-refractivity contribution >= 4 is 31.4 Å². The molecule has 0 aromatic heterocycles. The summed E-state index contributed by atoms with van der Waals surface area (Å²) >= 11 is 0. The topological polar surface area (TPSA) is 115 Å². The molecule has 0 saturated carbocycles. The lowest BCUT2D eigenvalue weighted by Gasteiger charge is -2.19. The fourth-order valence-corrected chi connectivity index (χ4v) is 4.31. The van der Waals surface area contributed by atoms with Gasteiger partial charge in [-0.1, -0.05) is 6.07 Å². The Hall–Kier alpha value is -1.68. The van der Waals surface area contributed by atoms with Crippen molar-refractivity contribution in [2.45, 2.75) is 0 Å². The molecule has 0 unspecified atom stereocenters. The third-order valence-corrected chi connectivity index (χ3v) is 5.11. The number of hydrogen-bond acceptors (Lipinski definition) is 6. The standard InChI is InChI=1S/C8H10N2O6S2/c1-17(13,14)10(18(2,15)16)8-5-3-4-7(6-8)9(11)12/h3-6H,1-2H3. The molecule has 0 aliphatic rings. The molecule has 0 spiro atoms. The van der Waals surface area contributed by atoms with E-state index in [-0.39, 0.29) is 9.40 Å². The summed E-state index contributed by atoms with van der Waals surface area (Å²) in [5.41, 5.74) is -0.695. The molecule has 0 amide bonds. The number of nitro groups is 1. The van der Waals surface area contributed by atoms with Crippen molar-refractivity contribution in [2.75, 3.05) is 16.2 Å². The van der Waals surface area contributed by atoms with Crippen molar-refractivity contribution in [3.63, 3.8) is 0 Å². The second-order valence-corrected chi connectivity index (χ2v) is 7.39. The van der Waals surface area contributed by atoms with Crippen molar-refractivity contribution in [1.82, 2.24) is 0 Å². The summed E-state index contributed by atoms with van der Waals surface area (Å²) in [6.45, 7) is 0. The molecule has 0 heterocycles. The highest BCUT2D eigenvalue weighted by atomic mass is 32.3. The molecule has 10 heteroatoms. The first-order valence-corrected chi connectivity index (χ1v) is 8.18. The molecule has 0 N–H and O–H groups in total. The minimum Gasteiger partial charge on any atom is -0.258 e. The molecule has 0 aliphatic heterocycles. The van der Waals surface area contributed by atoms with E-state index in [1.165, 1.54) is 6.07 Å². The third-order valence-electron chi connectivity index (χ3n) is 1.85. The van der Waals surface area contributed by atoms with Gasteiger partial charge in [-0.25, -0.2) is 16.8 Å². The van der Waals surface area contributed by atoms with Crippen LogP contribution in [0.25, 0.3) is 0 Å². The first-order chi connectivity index (χ1) is 8.03. The molecule has 0 aliphatic carbocycles. The minimum absolute atomic E-state index is 0.146. The molecular weight excluding hydrogens is 284 g/mol. The Balaban J connectivity index is 3.51. The second kappa shape index (κ2) is 4.53. The van der Waals surface area contributed by atoms with Crippen LogP contribution >= 0.6 is 0 Å². The zero-order valence-corrected chi connectivity index (χ0v) is 11.1. The summed E-state index contributed by atoms with van der Waals surface area (Å²) in [6.07, 6.45) is 1.40. The number of nitrogens with zero attached hydrogens (tertiary/aromatic N) is 2. The zero-order chi connectivity index (χ0) is 14.1. The van der Waals surface area contributed by atoms with Gasteiger partial charge in [-0.15, -0.1) is 0 Å². The molecule has 0 atom stereocenters. The van der Waals surface area contributed by atoms with Crippen LogP contribution in [0.5, 0.6) is 0 Å². The van der Waals surface area contributed by atoms with E-state index in [0.29, 0.717) is 12.5 Å². The van der Waals surface area contributed by atoms with Crippen molar-refractivity contribution in [2.24, 2.45) is 0 Å². The summed E-state index contributed by atoms with van der Waals surface area (Å²) in [7, 11) is -8.19. The lowest BCUT2D eigenvalue weighted by atomic mass is 10.3. The predicted molar refractivity (Wildman–Crippen MR) is 65.3 cm³/mol. The molecule has 1 aromatic rings. The van der Waals surface area contributed by atoms with Crippen LogP contribution in [0.15, 0.2) is 24.3 Å². The van der Waals surface area contributed by atoms with Crippen LogP contribution in [0.3, 0.4) is 0 Å². The fourth-order valence-electron chi connectivity index (χ4n) is 1.35. The molecule has 0 radical (unpaired) electrons. The average molecular weight is 294 g/mol. The molecule has 1 aromatic carbocycles. The van der Waals surface area contributed by atoms with Gasteiger partial charge < -0.3 is 0 Å². The Morgan fingerprint density at radius 1 is 1.11 bits per heavy atom. The van der Waals surface area contributed by atoms with E-state index in [9.17, 15) is 26.9 Å². The zero-order valence-electron chi connectivity index (χ0n) is 9.47. The first-order valence-electron chi connectivity index (χ1n) is 4.48. The van der Waals surface area contributed by atoms with Crippen LogP contribution in [-0.4, -0.2) is 34.3 Å².